The van der Waals surface area contributed by atoms with Gasteiger partial charge in [-0.1, -0.05) is 23.7 Å². The van der Waals surface area contributed by atoms with Crippen molar-refractivity contribution >= 4 is 40.1 Å². The number of nitro benzene ring substituents is 1. The molecule has 0 spiro atoms. The summed E-state index contributed by atoms with van der Waals surface area (Å²) in [6.07, 6.45) is 4.34. The minimum Gasteiger partial charge on any atom is -0.416 e. The summed E-state index contributed by atoms with van der Waals surface area (Å²) in [7, 11) is 0. The Morgan fingerprint density at radius 3 is 2.48 bits per heavy atom. The van der Waals surface area contributed by atoms with E-state index < -0.39 is 4.92 Å². The van der Waals surface area contributed by atoms with Gasteiger partial charge in [0.15, 0.2) is 0 Å². The first-order chi connectivity index (χ1) is 13.1. The molecule has 0 aliphatic heterocycles. The van der Waals surface area contributed by atoms with E-state index in [0.717, 1.165) is 17.7 Å². The molecule has 7 nitrogen and oxygen atoms in total. The molecule has 0 atom stereocenters. The Balaban J connectivity index is 1.55. The SMILES string of the molecule is O=[N+]([O-])c1cc(Cl)cc2nc(Nc3ccc(Cc4ccncc4)cc3)oc12. The largest absolute Gasteiger partial charge is 0.416 e. The van der Waals surface area contributed by atoms with Gasteiger partial charge in [-0.2, -0.15) is 4.98 Å². The van der Waals surface area contributed by atoms with Crippen LogP contribution in [0.4, 0.5) is 17.4 Å². The molecule has 27 heavy (non-hydrogen) atoms. The first-order valence-electron chi connectivity index (χ1n) is 8.08. The van der Waals surface area contributed by atoms with E-state index in [0.29, 0.717) is 5.52 Å². The zero-order valence-electron chi connectivity index (χ0n) is 13.9. The summed E-state index contributed by atoms with van der Waals surface area (Å²) in [5.74, 6) is 0. The Labute approximate surface area is 158 Å². The van der Waals surface area contributed by atoms with Crippen molar-refractivity contribution in [2.24, 2.45) is 0 Å². The Hall–Kier alpha value is -3.45. The molecule has 0 aliphatic rings. The quantitative estimate of drug-likeness (QED) is 0.381. The molecule has 134 valence electrons. The van der Waals surface area contributed by atoms with E-state index in [1.807, 2.05) is 36.4 Å². The van der Waals surface area contributed by atoms with E-state index in [1.54, 1.807) is 12.4 Å². The van der Waals surface area contributed by atoms with Crippen molar-refractivity contribution in [1.82, 2.24) is 9.97 Å². The Morgan fingerprint density at radius 2 is 1.78 bits per heavy atom. The molecule has 8 heteroatoms. The average Bonchev–Trinajstić information content (AvgIpc) is 3.05. The first kappa shape index (κ1) is 17.0. The molecule has 0 saturated heterocycles. The Kier molecular flexibility index (Phi) is 4.43. The topological polar surface area (TPSA) is 94.1 Å². The van der Waals surface area contributed by atoms with Gasteiger partial charge in [0, 0.05) is 29.2 Å². The van der Waals surface area contributed by atoms with Gasteiger partial charge in [0.25, 0.3) is 0 Å². The molecular weight excluding hydrogens is 368 g/mol. The minimum absolute atomic E-state index is 0.0845. The fraction of sp³-hybridized carbons (Fsp3) is 0.0526. The van der Waals surface area contributed by atoms with Crippen LogP contribution in [0.3, 0.4) is 0 Å². The second-order valence-corrected chi connectivity index (χ2v) is 6.34. The number of halogens is 1. The Bertz CT molecular complexity index is 1110. The van der Waals surface area contributed by atoms with Gasteiger partial charge < -0.3 is 9.73 Å². The van der Waals surface area contributed by atoms with Crippen molar-refractivity contribution in [3.63, 3.8) is 0 Å². The number of pyridine rings is 1. The Morgan fingerprint density at radius 1 is 1.07 bits per heavy atom. The van der Waals surface area contributed by atoms with Gasteiger partial charge >= 0.3 is 11.7 Å². The maximum atomic E-state index is 11.2. The lowest BCUT2D eigenvalue weighted by atomic mass is 10.1. The van der Waals surface area contributed by atoms with Gasteiger partial charge in [-0.05, 0) is 47.9 Å². The highest BCUT2D eigenvalue weighted by molar-refractivity contribution is 6.31. The highest BCUT2D eigenvalue weighted by Gasteiger charge is 2.19. The van der Waals surface area contributed by atoms with Crippen LogP contribution in [-0.4, -0.2) is 14.9 Å². The lowest BCUT2D eigenvalue weighted by Gasteiger charge is -2.04. The number of hydrogen-bond donors (Lipinski definition) is 1. The summed E-state index contributed by atoms with van der Waals surface area (Å²) in [5.41, 5.74) is 3.27. The van der Waals surface area contributed by atoms with Crippen LogP contribution in [-0.2, 0) is 6.42 Å². The number of anilines is 2. The van der Waals surface area contributed by atoms with E-state index in [1.165, 1.54) is 17.7 Å². The summed E-state index contributed by atoms with van der Waals surface area (Å²) in [6, 6.07) is 14.7. The molecule has 2 aromatic carbocycles. The summed E-state index contributed by atoms with van der Waals surface area (Å²) in [6.45, 7) is 0. The second-order valence-electron chi connectivity index (χ2n) is 5.90. The molecule has 4 rings (SSSR count). The standard InChI is InChI=1S/C19H13ClN4O3/c20-14-10-16-18(17(11-14)24(25)26)27-19(23-16)22-15-3-1-12(2-4-15)9-13-5-7-21-8-6-13/h1-8,10-11H,9H2,(H,22,23). The van der Waals surface area contributed by atoms with Crippen LogP contribution >= 0.6 is 11.6 Å². The zero-order valence-corrected chi connectivity index (χ0v) is 14.7. The maximum Gasteiger partial charge on any atom is 0.315 e. The van der Waals surface area contributed by atoms with Crippen LogP contribution in [0.15, 0.2) is 65.3 Å². The molecule has 2 heterocycles. The highest BCUT2D eigenvalue weighted by Crippen LogP contribution is 2.32. The molecular formula is C19H13ClN4O3. The summed E-state index contributed by atoms with van der Waals surface area (Å²) < 4.78 is 5.52. The van der Waals surface area contributed by atoms with Crippen LogP contribution in [0, 0.1) is 10.1 Å². The summed E-state index contributed by atoms with van der Waals surface area (Å²) >= 11 is 5.91. The van der Waals surface area contributed by atoms with Crippen molar-refractivity contribution in [3.05, 3.63) is 87.2 Å². The molecule has 2 aromatic heterocycles. The molecule has 0 fully saturated rings. The van der Waals surface area contributed by atoms with Crippen molar-refractivity contribution in [2.45, 2.75) is 6.42 Å². The van der Waals surface area contributed by atoms with Gasteiger partial charge in [0.2, 0.25) is 5.58 Å². The van der Waals surface area contributed by atoms with Crippen molar-refractivity contribution in [1.29, 1.82) is 0 Å². The number of aromatic nitrogens is 2. The number of oxazole rings is 1. The van der Waals surface area contributed by atoms with Crippen LogP contribution in [0.5, 0.6) is 0 Å². The third kappa shape index (κ3) is 3.73. The second kappa shape index (κ2) is 7.05. The fourth-order valence-corrected chi connectivity index (χ4v) is 2.94. The van der Waals surface area contributed by atoms with E-state index in [2.05, 4.69) is 15.3 Å². The molecule has 0 bridgehead atoms. The van der Waals surface area contributed by atoms with Gasteiger partial charge in [0.1, 0.15) is 5.52 Å². The number of nitrogens with one attached hydrogen (secondary N) is 1. The van der Waals surface area contributed by atoms with Crippen molar-refractivity contribution in [2.75, 3.05) is 5.32 Å². The number of hydrogen-bond acceptors (Lipinski definition) is 6. The highest BCUT2D eigenvalue weighted by atomic mass is 35.5. The molecule has 1 N–H and O–H groups in total. The molecule has 0 amide bonds. The predicted octanol–water partition coefficient (Wildman–Crippen LogP) is 5.12. The van der Waals surface area contributed by atoms with Crippen molar-refractivity contribution < 1.29 is 9.34 Å². The van der Waals surface area contributed by atoms with E-state index in [-0.39, 0.29) is 22.3 Å². The van der Waals surface area contributed by atoms with E-state index in [9.17, 15) is 10.1 Å². The van der Waals surface area contributed by atoms with Crippen LogP contribution in [0.25, 0.3) is 11.1 Å². The van der Waals surface area contributed by atoms with Gasteiger partial charge in [-0.15, -0.1) is 0 Å². The van der Waals surface area contributed by atoms with Gasteiger partial charge in [0.05, 0.1) is 4.92 Å². The molecule has 0 radical (unpaired) electrons. The van der Waals surface area contributed by atoms with Gasteiger partial charge in [-0.25, -0.2) is 0 Å². The first-order valence-corrected chi connectivity index (χ1v) is 8.45. The number of fused-ring (bicyclic) bond motifs is 1. The molecule has 4 aromatic rings. The van der Waals surface area contributed by atoms with Gasteiger partial charge in [-0.3, -0.25) is 15.1 Å². The smallest absolute Gasteiger partial charge is 0.315 e. The maximum absolute atomic E-state index is 11.2. The zero-order chi connectivity index (χ0) is 18.8. The van der Waals surface area contributed by atoms with Crippen LogP contribution in [0.1, 0.15) is 11.1 Å². The lowest BCUT2D eigenvalue weighted by molar-refractivity contribution is -0.383. The fourth-order valence-electron chi connectivity index (χ4n) is 2.74. The monoisotopic (exact) mass is 380 g/mol. The number of nitrogens with zero attached hydrogens (tertiary/aromatic N) is 3. The molecule has 0 unspecified atom stereocenters. The number of benzene rings is 2. The van der Waals surface area contributed by atoms with Crippen LogP contribution < -0.4 is 5.32 Å². The van der Waals surface area contributed by atoms with E-state index >= 15 is 0 Å². The number of nitro groups is 1. The summed E-state index contributed by atoms with van der Waals surface area (Å²) in [4.78, 5) is 18.9. The van der Waals surface area contributed by atoms with Crippen molar-refractivity contribution in [3.8, 4) is 0 Å². The minimum atomic E-state index is -0.545. The third-order valence-electron chi connectivity index (χ3n) is 3.99. The normalized spacial score (nSPS) is 10.9. The molecule has 0 aliphatic carbocycles. The molecule has 0 saturated carbocycles. The average molecular weight is 381 g/mol. The third-order valence-corrected chi connectivity index (χ3v) is 4.21. The van der Waals surface area contributed by atoms with Crippen LogP contribution in [0.2, 0.25) is 5.02 Å². The number of rotatable bonds is 5. The predicted molar refractivity (Wildman–Crippen MR) is 102 cm³/mol. The summed E-state index contributed by atoms with van der Waals surface area (Å²) in [5, 5.41) is 14.4. The van der Waals surface area contributed by atoms with E-state index in [4.69, 9.17) is 16.0 Å². The lowest BCUT2D eigenvalue weighted by Crippen LogP contribution is -1.92. The number of non-ortho nitro benzene ring substituents is 1.